The van der Waals surface area contributed by atoms with Gasteiger partial charge in [0.25, 0.3) is 11.8 Å². The van der Waals surface area contributed by atoms with Crippen molar-refractivity contribution in [2.45, 2.75) is 0 Å². The Labute approximate surface area is 237 Å². The number of urea groups is 1. The molecule has 0 aliphatic carbocycles. The van der Waals surface area contributed by atoms with Gasteiger partial charge in [-0.3, -0.25) is 14.9 Å². The highest BCUT2D eigenvalue weighted by Gasteiger charge is 2.36. The number of anilines is 1. The van der Waals surface area contributed by atoms with E-state index in [0.717, 1.165) is 9.37 Å². The van der Waals surface area contributed by atoms with Crippen LogP contribution < -0.4 is 33.9 Å². The zero-order valence-electron chi connectivity index (χ0n) is 21.8. The summed E-state index contributed by atoms with van der Waals surface area (Å²) >= 11 is 3.30. The van der Waals surface area contributed by atoms with Crippen molar-refractivity contribution >= 4 is 51.5 Å². The van der Waals surface area contributed by atoms with Crippen LogP contribution in [0.5, 0.6) is 28.7 Å². The van der Waals surface area contributed by atoms with Crippen LogP contribution in [-0.4, -0.2) is 52.3 Å². The number of nitrogens with one attached hydrogen (secondary N) is 1. The monoisotopic (exact) mass is 610 g/mol. The molecule has 206 valence electrons. The molecule has 0 unspecified atom stereocenters. The fourth-order valence-electron chi connectivity index (χ4n) is 3.86. The van der Waals surface area contributed by atoms with Gasteiger partial charge in [0.1, 0.15) is 5.57 Å². The van der Waals surface area contributed by atoms with Crippen molar-refractivity contribution < 1.29 is 42.9 Å². The zero-order valence-corrected chi connectivity index (χ0v) is 23.4. The molecule has 1 fully saturated rings. The van der Waals surface area contributed by atoms with E-state index in [9.17, 15) is 19.2 Å². The second kappa shape index (κ2) is 11.9. The highest BCUT2D eigenvalue weighted by Crippen LogP contribution is 2.39. The first-order valence-corrected chi connectivity index (χ1v) is 12.4. The number of methoxy groups -OCH3 is 4. The molecule has 0 atom stereocenters. The summed E-state index contributed by atoms with van der Waals surface area (Å²) in [4.78, 5) is 51.9. The van der Waals surface area contributed by atoms with E-state index in [1.54, 1.807) is 24.3 Å². The molecule has 3 aromatic rings. The maximum Gasteiger partial charge on any atom is 0.343 e. The van der Waals surface area contributed by atoms with Crippen LogP contribution in [0.1, 0.15) is 15.9 Å². The van der Waals surface area contributed by atoms with Crippen molar-refractivity contribution in [2.24, 2.45) is 0 Å². The number of ether oxygens (including phenoxy) is 5. The summed E-state index contributed by atoms with van der Waals surface area (Å²) in [7, 11) is 5.66. The summed E-state index contributed by atoms with van der Waals surface area (Å²) in [5.41, 5.74) is 0.528. The minimum absolute atomic E-state index is 0.0782. The first-order valence-electron chi connectivity index (χ1n) is 11.6. The maximum absolute atomic E-state index is 13.1. The van der Waals surface area contributed by atoms with E-state index in [0.29, 0.717) is 11.3 Å². The van der Waals surface area contributed by atoms with Crippen LogP contribution in [0.15, 0.2) is 64.6 Å². The summed E-state index contributed by atoms with van der Waals surface area (Å²) in [6, 6.07) is 12.9. The van der Waals surface area contributed by atoms with Gasteiger partial charge in [-0.15, -0.1) is 0 Å². The topological polar surface area (TPSA) is 130 Å². The Balaban J connectivity index is 1.62. The van der Waals surface area contributed by atoms with E-state index in [4.69, 9.17) is 23.7 Å². The zero-order chi connectivity index (χ0) is 29.0. The SMILES string of the molecule is COc1cc(/C=C2\C(=O)NC(=O)N(c3ccc(Br)cc3)C2=O)ccc1OC(=O)c1cc(OC)c(OC)c(OC)c1. The van der Waals surface area contributed by atoms with Crippen molar-refractivity contribution in [3.63, 3.8) is 0 Å². The number of barbiturate groups is 1. The van der Waals surface area contributed by atoms with Crippen LogP contribution in [0.4, 0.5) is 10.5 Å². The van der Waals surface area contributed by atoms with Gasteiger partial charge in [-0.25, -0.2) is 14.5 Å². The Bertz CT molecular complexity index is 1510. The average molecular weight is 611 g/mol. The molecule has 1 heterocycles. The number of esters is 1. The number of carbonyl (C=O) groups is 4. The highest BCUT2D eigenvalue weighted by molar-refractivity contribution is 9.10. The number of imide groups is 2. The molecule has 11 nitrogen and oxygen atoms in total. The van der Waals surface area contributed by atoms with Gasteiger partial charge in [-0.05, 0) is 60.2 Å². The summed E-state index contributed by atoms with van der Waals surface area (Å²) in [5, 5.41) is 2.17. The molecule has 12 heteroatoms. The first-order chi connectivity index (χ1) is 19.2. The number of carbonyl (C=O) groups excluding carboxylic acids is 4. The fraction of sp³-hybridized carbons (Fsp3) is 0.143. The molecule has 4 amide bonds. The summed E-state index contributed by atoms with van der Waals surface area (Å²) in [6.07, 6.45) is 1.31. The normalized spacial score (nSPS) is 14.1. The van der Waals surface area contributed by atoms with E-state index < -0.39 is 23.8 Å². The number of rotatable bonds is 8. The van der Waals surface area contributed by atoms with E-state index in [1.165, 1.54) is 64.8 Å². The molecule has 4 rings (SSSR count). The predicted octanol–water partition coefficient (Wildman–Crippen LogP) is 4.37. The Hall–Kier alpha value is -4.84. The van der Waals surface area contributed by atoms with Gasteiger partial charge >= 0.3 is 12.0 Å². The van der Waals surface area contributed by atoms with Crippen molar-refractivity contribution in [2.75, 3.05) is 33.3 Å². The lowest BCUT2D eigenvalue weighted by Gasteiger charge is -2.26. The molecule has 1 aliphatic heterocycles. The van der Waals surface area contributed by atoms with E-state index >= 15 is 0 Å². The van der Waals surface area contributed by atoms with Gasteiger partial charge in [-0.2, -0.15) is 0 Å². The van der Waals surface area contributed by atoms with Gasteiger partial charge in [0.15, 0.2) is 23.0 Å². The molecule has 0 aromatic heterocycles. The van der Waals surface area contributed by atoms with E-state index in [2.05, 4.69) is 21.2 Å². The number of halogens is 1. The maximum atomic E-state index is 13.1. The Morgan fingerprint density at radius 1 is 0.800 bits per heavy atom. The molecule has 0 spiro atoms. The Morgan fingerprint density at radius 3 is 2.00 bits per heavy atom. The van der Waals surface area contributed by atoms with Gasteiger partial charge in [-0.1, -0.05) is 22.0 Å². The van der Waals surface area contributed by atoms with E-state index in [1.807, 2.05) is 0 Å². The van der Waals surface area contributed by atoms with Gasteiger partial charge < -0.3 is 23.7 Å². The van der Waals surface area contributed by atoms with Crippen LogP contribution in [-0.2, 0) is 9.59 Å². The summed E-state index contributed by atoms with van der Waals surface area (Å²) in [6.45, 7) is 0. The lowest BCUT2D eigenvalue weighted by molar-refractivity contribution is -0.122. The predicted molar refractivity (Wildman–Crippen MR) is 147 cm³/mol. The van der Waals surface area contributed by atoms with Crippen LogP contribution in [0.25, 0.3) is 6.08 Å². The van der Waals surface area contributed by atoms with E-state index in [-0.39, 0.29) is 39.8 Å². The average Bonchev–Trinajstić information content (AvgIpc) is 2.95. The third kappa shape index (κ3) is 5.61. The molecule has 1 N–H and O–H groups in total. The Morgan fingerprint density at radius 2 is 1.43 bits per heavy atom. The number of nitrogens with zero attached hydrogens (tertiary/aromatic N) is 1. The third-order valence-electron chi connectivity index (χ3n) is 5.79. The molecule has 0 bridgehead atoms. The third-order valence-corrected chi connectivity index (χ3v) is 6.32. The van der Waals surface area contributed by atoms with Crippen LogP contribution in [0.2, 0.25) is 0 Å². The molecule has 0 radical (unpaired) electrons. The molecular formula is C28H23BrN2O9. The van der Waals surface area contributed by atoms with Crippen molar-refractivity contribution in [3.05, 3.63) is 75.8 Å². The fourth-order valence-corrected chi connectivity index (χ4v) is 4.13. The second-order valence-corrected chi connectivity index (χ2v) is 9.06. The standard InChI is InChI=1S/C28H23BrN2O9/c1-36-21-12-15(11-19-25(32)30-28(35)31(26(19)33)18-8-6-17(29)7-9-18)5-10-20(21)40-27(34)16-13-22(37-2)24(39-4)23(14-16)38-3/h5-14H,1-4H3,(H,30,32,35)/b19-11+. The van der Waals surface area contributed by atoms with Crippen molar-refractivity contribution in [1.29, 1.82) is 0 Å². The van der Waals surface area contributed by atoms with Gasteiger partial charge in [0, 0.05) is 4.47 Å². The molecule has 1 saturated heterocycles. The van der Waals surface area contributed by atoms with Crippen molar-refractivity contribution in [1.82, 2.24) is 5.32 Å². The van der Waals surface area contributed by atoms with Gasteiger partial charge in [0.2, 0.25) is 5.75 Å². The lowest BCUT2D eigenvalue weighted by Crippen LogP contribution is -2.54. The molecule has 3 aromatic carbocycles. The lowest BCUT2D eigenvalue weighted by atomic mass is 10.1. The number of amides is 4. The Kier molecular flexibility index (Phi) is 8.39. The minimum Gasteiger partial charge on any atom is -0.493 e. The second-order valence-electron chi connectivity index (χ2n) is 8.15. The van der Waals surface area contributed by atoms with Crippen LogP contribution in [0, 0.1) is 0 Å². The quantitative estimate of drug-likeness (QED) is 0.171. The van der Waals surface area contributed by atoms with Crippen LogP contribution >= 0.6 is 15.9 Å². The smallest absolute Gasteiger partial charge is 0.343 e. The molecule has 1 aliphatic rings. The molecule has 40 heavy (non-hydrogen) atoms. The molecule has 0 saturated carbocycles. The minimum atomic E-state index is -0.860. The number of hydrogen-bond donors (Lipinski definition) is 1. The van der Waals surface area contributed by atoms with Gasteiger partial charge in [0.05, 0.1) is 39.7 Å². The number of hydrogen-bond acceptors (Lipinski definition) is 9. The molecular weight excluding hydrogens is 588 g/mol. The largest absolute Gasteiger partial charge is 0.493 e. The van der Waals surface area contributed by atoms with Crippen molar-refractivity contribution in [3.8, 4) is 28.7 Å². The highest BCUT2D eigenvalue weighted by atomic mass is 79.9. The van der Waals surface area contributed by atoms with Crippen LogP contribution in [0.3, 0.4) is 0 Å². The summed E-state index contributed by atoms with van der Waals surface area (Å²) in [5.74, 6) is -1.28. The first kappa shape index (κ1) is 28.2. The summed E-state index contributed by atoms with van der Waals surface area (Å²) < 4.78 is 27.5. The number of benzene rings is 3.